The number of nitriles is 1. The molecule has 0 spiro atoms. The van der Waals surface area contributed by atoms with Crippen molar-refractivity contribution in [1.82, 2.24) is 0 Å². The molecule has 1 aliphatic rings. The van der Waals surface area contributed by atoms with E-state index < -0.39 is 21.1 Å². The number of nitrogens with zero attached hydrogens (tertiary/aromatic N) is 1. The maximum Gasteiger partial charge on any atom is 0.199 e. The van der Waals surface area contributed by atoms with Gasteiger partial charge in [-0.1, -0.05) is 42.5 Å². The number of fused-ring (bicyclic) bond motifs is 1. The Hall–Kier alpha value is -2.32. The molecule has 0 radical (unpaired) electrons. The molecular weight excluding hydrogens is 272 g/mol. The lowest BCUT2D eigenvalue weighted by atomic mass is 10.0. The lowest BCUT2D eigenvalue weighted by Crippen LogP contribution is -2.36. The fraction of sp³-hybridized carbons (Fsp3) is 0.133. The van der Waals surface area contributed by atoms with Crippen LogP contribution in [0.25, 0.3) is 0 Å². The van der Waals surface area contributed by atoms with Gasteiger partial charge in [0.25, 0.3) is 0 Å². The minimum absolute atomic E-state index is 0.193. The summed E-state index contributed by atoms with van der Waals surface area (Å²) in [6.45, 7) is 0. The van der Waals surface area contributed by atoms with Crippen LogP contribution >= 0.6 is 0 Å². The minimum atomic E-state index is -3.65. The molecule has 100 valence electrons. The van der Waals surface area contributed by atoms with Crippen LogP contribution in [0.5, 0.6) is 0 Å². The average molecular weight is 284 g/mol. The van der Waals surface area contributed by atoms with Crippen LogP contribution in [0, 0.1) is 11.3 Å². The lowest BCUT2D eigenvalue weighted by molar-refractivity contribution is 0.576. The first kappa shape index (κ1) is 12.7. The maximum absolute atomic E-state index is 12.6. The summed E-state index contributed by atoms with van der Waals surface area (Å²) >= 11 is 0. The van der Waals surface area contributed by atoms with Crippen LogP contribution in [-0.4, -0.2) is 13.7 Å². The third-order valence-electron chi connectivity index (χ3n) is 3.43. The number of benzene rings is 2. The van der Waals surface area contributed by atoms with Crippen molar-refractivity contribution >= 4 is 15.5 Å². The number of para-hydroxylation sites is 1. The minimum Gasteiger partial charge on any atom is -0.375 e. The number of rotatable bonds is 1. The Balaban J connectivity index is 2.19. The molecule has 1 heterocycles. The number of hydrogen-bond acceptors (Lipinski definition) is 4. The summed E-state index contributed by atoms with van der Waals surface area (Å²) in [5, 5.41) is 11.4. The molecule has 20 heavy (non-hydrogen) atoms. The first-order chi connectivity index (χ1) is 9.64. The molecule has 0 bridgehead atoms. The van der Waals surface area contributed by atoms with Gasteiger partial charge in [-0.05, 0) is 17.7 Å². The molecule has 0 amide bonds. The molecule has 2 aromatic rings. The number of sulfone groups is 1. The largest absolute Gasteiger partial charge is 0.375 e. The smallest absolute Gasteiger partial charge is 0.199 e. The highest BCUT2D eigenvalue weighted by atomic mass is 32.2. The molecule has 1 N–H and O–H groups in total. The third-order valence-corrected chi connectivity index (χ3v) is 5.44. The van der Waals surface area contributed by atoms with Crippen molar-refractivity contribution in [3.63, 3.8) is 0 Å². The Kier molecular flexibility index (Phi) is 2.96. The molecule has 0 fully saturated rings. The first-order valence-electron chi connectivity index (χ1n) is 6.18. The van der Waals surface area contributed by atoms with E-state index in [0.29, 0.717) is 5.69 Å². The van der Waals surface area contributed by atoms with E-state index in [0.717, 1.165) is 5.56 Å². The normalized spacial score (nSPS) is 23.1. The number of nitrogens with one attached hydrogen (secondary N) is 1. The average Bonchev–Trinajstić information content (AvgIpc) is 2.47. The number of hydrogen-bond donors (Lipinski definition) is 1. The Bertz CT molecular complexity index is 779. The highest BCUT2D eigenvalue weighted by Crippen LogP contribution is 2.38. The summed E-state index contributed by atoms with van der Waals surface area (Å²) in [7, 11) is -3.65. The van der Waals surface area contributed by atoms with Gasteiger partial charge >= 0.3 is 0 Å². The second-order valence-corrected chi connectivity index (χ2v) is 6.66. The zero-order chi connectivity index (χ0) is 14.2. The van der Waals surface area contributed by atoms with E-state index in [-0.39, 0.29) is 4.90 Å². The van der Waals surface area contributed by atoms with E-state index in [9.17, 15) is 13.7 Å². The summed E-state index contributed by atoms with van der Waals surface area (Å²) in [5.41, 5.74) is 1.34. The van der Waals surface area contributed by atoms with Crippen molar-refractivity contribution in [2.45, 2.75) is 16.2 Å². The van der Waals surface area contributed by atoms with Gasteiger partial charge < -0.3 is 5.32 Å². The van der Waals surface area contributed by atoms with Crippen molar-refractivity contribution in [2.75, 3.05) is 5.32 Å². The summed E-state index contributed by atoms with van der Waals surface area (Å²) in [6, 6.07) is 17.2. The van der Waals surface area contributed by atoms with E-state index in [4.69, 9.17) is 0 Å². The summed E-state index contributed by atoms with van der Waals surface area (Å²) in [4.78, 5) is 0.193. The molecular formula is C15H12N2O2S. The zero-order valence-corrected chi connectivity index (χ0v) is 11.3. The number of anilines is 1. The lowest BCUT2D eigenvalue weighted by Gasteiger charge is -2.31. The molecule has 4 nitrogen and oxygen atoms in total. The predicted octanol–water partition coefficient (Wildman–Crippen LogP) is 2.52. The molecule has 2 unspecified atom stereocenters. The fourth-order valence-electron chi connectivity index (χ4n) is 2.46. The van der Waals surface area contributed by atoms with E-state index in [2.05, 4.69) is 5.32 Å². The van der Waals surface area contributed by atoms with Crippen molar-refractivity contribution < 1.29 is 8.42 Å². The molecule has 0 aromatic heterocycles. The van der Waals surface area contributed by atoms with Gasteiger partial charge in [-0.25, -0.2) is 8.42 Å². The fourth-order valence-corrected chi connectivity index (χ4v) is 4.15. The van der Waals surface area contributed by atoms with Crippen molar-refractivity contribution in [3.8, 4) is 6.07 Å². The van der Waals surface area contributed by atoms with E-state index in [1.165, 1.54) is 6.07 Å². The highest BCUT2D eigenvalue weighted by molar-refractivity contribution is 7.92. The zero-order valence-electron chi connectivity index (χ0n) is 10.5. The van der Waals surface area contributed by atoms with Crippen LogP contribution in [0.15, 0.2) is 59.5 Å². The molecule has 0 saturated carbocycles. The maximum atomic E-state index is 12.6. The van der Waals surface area contributed by atoms with Gasteiger partial charge in [-0.2, -0.15) is 5.26 Å². The monoisotopic (exact) mass is 284 g/mol. The van der Waals surface area contributed by atoms with Crippen LogP contribution in [-0.2, 0) is 9.84 Å². The second-order valence-electron chi connectivity index (χ2n) is 4.62. The molecule has 3 rings (SSSR count). The van der Waals surface area contributed by atoms with Gasteiger partial charge in [0.15, 0.2) is 15.1 Å². The van der Waals surface area contributed by atoms with Crippen molar-refractivity contribution in [3.05, 3.63) is 60.2 Å². The summed E-state index contributed by atoms with van der Waals surface area (Å²) in [5.74, 6) is 0. The van der Waals surface area contributed by atoms with Crippen LogP contribution < -0.4 is 5.32 Å². The Labute approximate surface area is 117 Å². The summed E-state index contributed by atoms with van der Waals surface area (Å²) in [6.07, 6.45) is 0. The van der Waals surface area contributed by atoms with E-state index in [1.807, 2.05) is 36.4 Å². The van der Waals surface area contributed by atoms with Crippen LogP contribution in [0.2, 0.25) is 0 Å². The molecule has 5 heteroatoms. The topological polar surface area (TPSA) is 70.0 Å². The summed E-state index contributed by atoms with van der Waals surface area (Å²) < 4.78 is 25.1. The highest BCUT2D eigenvalue weighted by Gasteiger charge is 2.41. The quantitative estimate of drug-likeness (QED) is 0.873. The van der Waals surface area contributed by atoms with Gasteiger partial charge in [0, 0.05) is 0 Å². The SMILES string of the molecule is N#CC1C(c2ccccc2)Nc2ccccc2S1(=O)=O. The Morgan fingerprint density at radius 2 is 1.65 bits per heavy atom. The van der Waals surface area contributed by atoms with Crippen LogP contribution in [0.1, 0.15) is 11.6 Å². The molecule has 1 aliphatic heterocycles. The van der Waals surface area contributed by atoms with Gasteiger partial charge in [0.1, 0.15) is 0 Å². The Morgan fingerprint density at radius 3 is 2.35 bits per heavy atom. The van der Waals surface area contributed by atoms with Gasteiger partial charge in [-0.3, -0.25) is 0 Å². The standard InChI is InChI=1S/C15H12N2O2S/c16-10-14-15(11-6-2-1-3-7-11)17-12-8-4-5-9-13(12)20(14,18)19/h1-9,14-15,17H. The van der Waals surface area contributed by atoms with E-state index in [1.54, 1.807) is 18.2 Å². The van der Waals surface area contributed by atoms with Gasteiger partial charge in [-0.15, -0.1) is 0 Å². The molecule has 0 aliphatic carbocycles. The van der Waals surface area contributed by atoms with E-state index >= 15 is 0 Å². The van der Waals surface area contributed by atoms with Crippen molar-refractivity contribution in [1.29, 1.82) is 5.26 Å². The van der Waals surface area contributed by atoms with Gasteiger partial charge in [0.05, 0.1) is 22.7 Å². The first-order valence-corrected chi connectivity index (χ1v) is 7.73. The second kappa shape index (κ2) is 4.66. The third kappa shape index (κ3) is 1.86. The molecule has 0 saturated heterocycles. The van der Waals surface area contributed by atoms with Crippen molar-refractivity contribution in [2.24, 2.45) is 0 Å². The van der Waals surface area contributed by atoms with Crippen LogP contribution in [0.3, 0.4) is 0 Å². The Morgan fingerprint density at radius 1 is 1.00 bits per heavy atom. The van der Waals surface area contributed by atoms with Gasteiger partial charge in [0.2, 0.25) is 0 Å². The molecule has 2 atom stereocenters. The predicted molar refractivity (Wildman–Crippen MR) is 75.8 cm³/mol. The van der Waals surface area contributed by atoms with Crippen LogP contribution in [0.4, 0.5) is 5.69 Å². The molecule has 2 aromatic carbocycles.